The summed E-state index contributed by atoms with van der Waals surface area (Å²) in [5.74, 6) is 0.327. The van der Waals surface area contributed by atoms with Gasteiger partial charge in [0.1, 0.15) is 11.4 Å². The Morgan fingerprint density at radius 2 is 1.33 bits per heavy atom. The van der Waals surface area contributed by atoms with Gasteiger partial charge >= 0.3 is 6.09 Å². The molecule has 4 nitrogen and oxygen atoms in total. The van der Waals surface area contributed by atoms with Crippen LogP contribution >= 0.6 is 0 Å². The Bertz CT molecular complexity index is 469. The van der Waals surface area contributed by atoms with E-state index in [1.165, 1.54) is 83.5 Å². The lowest BCUT2D eigenvalue weighted by Crippen LogP contribution is -2.46. The van der Waals surface area contributed by atoms with Crippen LogP contribution in [-0.2, 0) is 9.53 Å². The maximum absolute atomic E-state index is 12.3. The summed E-state index contributed by atoms with van der Waals surface area (Å²) in [4.78, 5) is 26.2. The molecule has 1 heterocycles. The average Bonchev–Trinajstić information content (AvgIpc) is 2.68. The molecule has 0 saturated carbocycles. The Morgan fingerprint density at radius 1 is 0.867 bits per heavy atom. The second kappa shape index (κ2) is 15.7. The molecule has 30 heavy (non-hydrogen) atoms. The Hall–Kier alpha value is -1.06. The molecule has 1 aliphatic heterocycles. The minimum absolute atomic E-state index is 0.00333. The molecule has 0 aliphatic carbocycles. The molecule has 1 rings (SSSR count). The maximum atomic E-state index is 12.3. The smallest absolute Gasteiger partial charge is 0.410 e. The predicted molar refractivity (Wildman–Crippen MR) is 126 cm³/mol. The van der Waals surface area contributed by atoms with Gasteiger partial charge in [0.15, 0.2) is 0 Å². The third-order valence-corrected chi connectivity index (χ3v) is 6.08. The fourth-order valence-electron chi connectivity index (χ4n) is 4.24. The van der Waals surface area contributed by atoms with Gasteiger partial charge in [-0.1, -0.05) is 96.8 Å². The van der Waals surface area contributed by atoms with E-state index in [0.29, 0.717) is 25.3 Å². The van der Waals surface area contributed by atoms with Gasteiger partial charge in [0, 0.05) is 25.4 Å². The maximum Gasteiger partial charge on any atom is 0.410 e. The average molecular weight is 424 g/mol. The van der Waals surface area contributed by atoms with E-state index in [9.17, 15) is 9.59 Å². The Balaban J connectivity index is 2.01. The van der Waals surface area contributed by atoms with Gasteiger partial charge in [-0.3, -0.25) is 4.79 Å². The van der Waals surface area contributed by atoms with E-state index in [-0.39, 0.29) is 12.0 Å². The zero-order chi connectivity index (χ0) is 22.2. The molecular formula is C26H49NO3. The van der Waals surface area contributed by atoms with E-state index in [1.807, 2.05) is 20.8 Å². The van der Waals surface area contributed by atoms with Gasteiger partial charge in [-0.15, -0.1) is 0 Å². The molecule has 1 unspecified atom stereocenters. The molecule has 1 aliphatic rings. The van der Waals surface area contributed by atoms with E-state index in [0.717, 1.165) is 12.8 Å². The van der Waals surface area contributed by atoms with Crippen LogP contribution in [0.2, 0.25) is 0 Å². The van der Waals surface area contributed by atoms with Gasteiger partial charge in [-0.25, -0.2) is 4.79 Å². The highest BCUT2D eigenvalue weighted by Gasteiger charge is 2.31. The molecule has 1 atom stereocenters. The molecule has 4 heteroatoms. The number of ether oxygens (including phenoxy) is 1. The first-order valence-electron chi connectivity index (χ1n) is 12.8. The fourth-order valence-corrected chi connectivity index (χ4v) is 4.24. The van der Waals surface area contributed by atoms with Crippen molar-refractivity contribution >= 4 is 11.9 Å². The van der Waals surface area contributed by atoms with Crippen molar-refractivity contribution in [3.63, 3.8) is 0 Å². The van der Waals surface area contributed by atoms with Crippen LogP contribution in [0.1, 0.15) is 130 Å². The summed E-state index contributed by atoms with van der Waals surface area (Å²) in [6.07, 6.45) is 19.9. The third-order valence-electron chi connectivity index (χ3n) is 6.08. The molecule has 0 aromatic carbocycles. The lowest BCUT2D eigenvalue weighted by atomic mass is 9.91. The van der Waals surface area contributed by atoms with Crippen molar-refractivity contribution in [1.29, 1.82) is 0 Å². The number of unbranched alkanes of at least 4 members (excludes halogenated alkanes) is 13. The normalized spacial score (nSPS) is 17.4. The van der Waals surface area contributed by atoms with Crippen LogP contribution in [0.3, 0.4) is 0 Å². The number of carbonyl (C=O) groups excluding carboxylic acids is 2. The quantitative estimate of drug-likeness (QED) is 0.254. The van der Waals surface area contributed by atoms with Gasteiger partial charge in [0.2, 0.25) is 0 Å². The topological polar surface area (TPSA) is 46.6 Å². The number of amides is 1. The van der Waals surface area contributed by atoms with Crippen molar-refractivity contribution in [2.45, 2.75) is 136 Å². The van der Waals surface area contributed by atoms with Gasteiger partial charge < -0.3 is 9.64 Å². The number of Topliss-reactive ketones (excluding diaryl/α,β-unsaturated/α-hetero) is 1. The third kappa shape index (κ3) is 13.3. The van der Waals surface area contributed by atoms with Crippen LogP contribution in [0.4, 0.5) is 4.79 Å². The van der Waals surface area contributed by atoms with Crippen LogP contribution in [-0.4, -0.2) is 35.5 Å². The van der Waals surface area contributed by atoms with Gasteiger partial charge in [0.25, 0.3) is 0 Å². The molecule has 1 fully saturated rings. The predicted octanol–water partition coefficient (Wildman–Crippen LogP) is 7.68. The minimum Gasteiger partial charge on any atom is -0.444 e. The van der Waals surface area contributed by atoms with Crippen LogP contribution in [0, 0.1) is 5.92 Å². The number of hydrogen-bond acceptors (Lipinski definition) is 3. The molecule has 0 bridgehead atoms. The number of carbonyl (C=O) groups is 2. The van der Waals surface area contributed by atoms with Crippen LogP contribution in [0.15, 0.2) is 0 Å². The summed E-state index contributed by atoms with van der Waals surface area (Å²) in [5, 5.41) is 0. The van der Waals surface area contributed by atoms with E-state index in [2.05, 4.69) is 6.92 Å². The largest absolute Gasteiger partial charge is 0.444 e. The molecule has 0 radical (unpaired) electrons. The van der Waals surface area contributed by atoms with Crippen LogP contribution < -0.4 is 0 Å². The molecule has 1 saturated heterocycles. The molecule has 176 valence electrons. The lowest BCUT2D eigenvalue weighted by Gasteiger charge is -2.33. The molecule has 0 spiro atoms. The molecule has 0 aromatic heterocycles. The first-order chi connectivity index (χ1) is 14.3. The van der Waals surface area contributed by atoms with Crippen molar-refractivity contribution in [2.24, 2.45) is 5.92 Å². The summed E-state index contributed by atoms with van der Waals surface area (Å²) in [7, 11) is 0. The zero-order valence-corrected chi connectivity index (χ0v) is 20.5. The Labute approximate surface area is 186 Å². The fraction of sp³-hybridized carbons (Fsp3) is 0.923. The van der Waals surface area contributed by atoms with Crippen molar-refractivity contribution < 1.29 is 14.3 Å². The van der Waals surface area contributed by atoms with Crippen molar-refractivity contribution in [1.82, 2.24) is 4.90 Å². The molecule has 0 N–H and O–H groups in total. The minimum atomic E-state index is -0.483. The van der Waals surface area contributed by atoms with Crippen LogP contribution in [0.25, 0.3) is 0 Å². The van der Waals surface area contributed by atoms with Crippen molar-refractivity contribution in [3.8, 4) is 0 Å². The number of likely N-dealkylation sites (tertiary alicyclic amines) is 1. The zero-order valence-electron chi connectivity index (χ0n) is 20.5. The Kier molecular flexibility index (Phi) is 14.1. The monoisotopic (exact) mass is 423 g/mol. The summed E-state index contributed by atoms with van der Waals surface area (Å²) < 4.78 is 5.46. The number of ketones is 1. The van der Waals surface area contributed by atoms with Crippen molar-refractivity contribution in [3.05, 3.63) is 0 Å². The second-order valence-corrected chi connectivity index (χ2v) is 10.2. The molecular weight excluding hydrogens is 374 g/mol. The summed E-state index contributed by atoms with van der Waals surface area (Å²) in [5.41, 5.74) is -0.483. The van der Waals surface area contributed by atoms with E-state index >= 15 is 0 Å². The number of nitrogens with zero attached hydrogens (tertiary/aromatic N) is 1. The second-order valence-electron chi connectivity index (χ2n) is 10.2. The van der Waals surface area contributed by atoms with E-state index in [1.54, 1.807) is 4.90 Å². The highest BCUT2D eigenvalue weighted by atomic mass is 16.6. The number of piperidine rings is 1. The number of rotatable bonds is 15. The summed E-state index contributed by atoms with van der Waals surface area (Å²) >= 11 is 0. The summed E-state index contributed by atoms with van der Waals surface area (Å²) in [6, 6.07) is 0. The first-order valence-corrected chi connectivity index (χ1v) is 12.8. The molecule has 0 aromatic rings. The van der Waals surface area contributed by atoms with Gasteiger partial charge in [-0.2, -0.15) is 0 Å². The Morgan fingerprint density at radius 3 is 1.80 bits per heavy atom. The molecule has 1 amide bonds. The first kappa shape index (κ1) is 27.0. The highest BCUT2D eigenvalue weighted by Crippen LogP contribution is 2.22. The van der Waals surface area contributed by atoms with Gasteiger partial charge in [-0.05, 0) is 27.2 Å². The summed E-state index contributed by atoms with van der Waals surface area (Å²) in [6.45, 7) is 8.95. The van der Waals surface area contributed by atoms with Crippen molar-refractivity contribution in [2.75, 3.05) is 13.1 Å². The standard InChI is InChI=1S/C26H49NO3/c1-5-6-7-8-9-10-11-12-13-14-15-16-17-18-19-23-22-27(21-20-24(23)28)25(29)30-26(2,3)4/h23H,5-22H2,1-4H3. The lowest BCUT2D eigenvalue weighted by molar-refractivity contribution is -0.126. The van der Waals surface area contributed by atoms with E-state index in [4.69, 9.17) is 4.74 Å². The van der Waals surface area contributed by atoms with Gasteiger partial charge in [0.05, 0.1) is 0 Å². The van der Waals surface area contributed by atoms with Crippen LogP contribution in [0.5, 0.6) is 0 Å². The SMILES string of the molecule is CCCCCCCCCCCCCCCCC1CN(C(=O)OC(C)(C)C)CCC1=O. The number of hydrogen-bond donors (Lipinski definition) is 0. The highest BCUT2D eigenvalue weighted by molar-refractivity contribution is 5.84. The van der Waals surface area contributed by atoms with E-state index < -0.39 is 5.60 Å².